The summed E-state index contributed by atoms with van der Waals surface area (Å²) in [6.07, 6.45) is 2.24. The Balaban J connectivity index is 2.96. The van der Waals surface area contributed by atoms with E-state index in [0.717, 1.165) is 11.6 Å². The van der Waals surface area contributed by atoms with Crippen LogP contribution in [0.4, 0.5) is 5.82 Å². The molecule has 0 atom stereocenters. The molecule has 92 valence electrons. The lowest BCUT2D eigenvalue weighted by Gasteiger charge is -2.28. The molecular formula is C13H19N3O. The molecule has 17 heavy (non-hydrogen) atoms. The molecule has 0 aliphatic rings. The lowest BCUT2D eigenvalue weighted by Crippen LogP contribution is -2.32. The first-order valence-electron chi connectivity index (χ1n) is 5.92. The van der Waals surface area contributed by atoms with Gasteiger partial charge in [-0.1, -0.05) is 0 Å². The fraction of sp³-hybridized carbons (Fsp3) is 0.538. The summed E-state index contributed by atoms with van der Waals surface area (Å²) in [5.74, 6) is 1.60. The van der Waals surface area contributed by atoms with Crippen LogP contribution in [-0.4, -0.2) is 24.2 Å². The highest BCUT2D eigenvalue weighted by Gasteiger charge is 2.16. The van der Waals surface area contributed by atoms with Crippen molar-refractivity contribution in [2.45, 2.75) is 33.2 Å². The fourth-order valence-electron chi connectivity index (χ4n) is 1.65. The Labute approximate surface area is 103 Å². The molecule has 0 bridgehead atoms. The van der Waals surface area contributed by atoms with Crippen molar-refractivity contribution >= 4 is 5.82 Å². The maximum absolute atomic E-state index is 8.69. The van der Waals surface area contributed by atoms with E-state index in [1.165, 1.54) is 0 Å². The molecule has 0 aromatic carbocycles. The zero-order valence-electron chi connectivity index (χ0n) is 10.7. The summed E-state index contributed by atoms with van der Waals surface area (Å²) in [6.45, 7) is 7.41. The molecule has 0 spiro atoms. The van der Waals surface area contributed by atoms with Gasteiger partial charge in [0, 0.05) is 18.8 Å². The van der Waals surface area contributed by atoms with Crippen LogP contribution in [-0.2, 0) is 0 Å². The van der Waals surface area contributed by atoms with E-state index in [-0.39, 0.29) is 6.04 Å². The highest BCUT2D eigenvalue weighted by molar-refractivity contribution is 5.52. The first-order valence-corrected chi connectivity index (χ1v) is 5.92. The van der Waals surface area contributed by atoms with E-state index in [2.05, 4.69) is 29.8 Å². The normalized spacial score (nSPS) is 10.1. The molecule has 0 radical (unpaired) electrons. The standard InChI is InChI=1S/C13H19N3O/c1-4-17-12-7-5-9-15-13(12)16(11(2)3)10-6-8-14/h5,7,9,11H,4,6,10H2,1-3H3. The van der Waals surface area contributed by atoms with Crippen LogP contribution < -0.4 is 9.64 Å². The lowest BCUT2D eigenvalue weighted by molar-refractivity contribution is 0.338. The predicted molar refractivity (Wildman–Crippen MR) is 68.1 cm³/mol. The molecule has 4 nitrogen and oxygen atoms in total. The molecule has 0 saturated heterocycles. The number of anilines is 1. The smallest absolute Gasteiger partial charge is 0.171 e. The molecule has 0 aliphatic carbocycles. The van der Waals surface area contributed by atoms with Crippen molar-refractivity contribution in [2.24, 2.45) is 0 Å². The second kappa shape index (κ2) is 6.74. The number of aromatic nitrogens is 1. The van der Waals surface area contributed by atoms with Gasteiger partial charge in [-0.2, -0.15) is 5.26 Å². The molecule has 1 rings (SSSR count). The molecule has 0 saturated carbocycles. The molecule has 0 fully saturated rings. The van der Waals surface area contributed by atoms with Crippen molar-refractivity contribution in [3.63, 3.8) is 0 Å². The molecule has 1 aromatic heterocycles. The van der Waals surface area contributed by atoms with Crippen molar-refractivity contribution in [1.82, 2.24) is 4.98 Å². The third kappa shape index (κ3) is 3.63. The number of nitriles is 1. The molecule has 1 heterocycles. The highest BCUT2D eigenvalue weighted by Crippen LogP contribution is 2.26. The first kappa shape index (κ1) is 13.3. The molecule has 1 aromatic rings. The van der Waals surface area contributed by atoms with Crippen LogP contribution in [0.2, 0.25) is 0 Å². The Morgan fingerprint density at radius 3 is 2.88 bits per heavy atom. The van der Waals surface area contributed by atoms with E-state index in [4.69, 9.17) is 10.00 Å². The zero-order chi connectivity index (χ0) is 12.7. The maximum Gasteiger partial charge on any atom is 0.171 e. The summed E-state index contributed by atoms with van der Waals surface area (Å²) in [5, 5.41) is 8.69. The van der Waals surface area contributed by atoms with Gasteiger partial charge in [0.1, 0.15) is 0 Å². The molecule has 0 amide bonds. The maximum atomic E-state index is 8.69. The van der Waals surface area contributed by atoms with Gasteiger partial charge in [-0.15, -0.1) is 0 Å². The summed E-state index contributed by atoms with van der Waals surface area (Å²) >= 11 is 0. The molecular weight excluding hydrogens is 214 g/mol. The van der Waals surface area contributed by atoms with Crippen molar-refractivity contribution in [3.05, 3.63) is 18.3 Å². The zero-order valence-corrected chi connectivity index (χ0v) is 10.7. The largest absolute Gasteiger partial charge is 0.490 e. The number of nitrogens with zero attached hydrogens (tertiary/aromatic N) is 3. The van der Waals surface area contributed by atoms with Gasteiger partial charge in [0.2, 0.25) is 0 Å². The Hall–Kier alpha value is -1.76. The van der Waals surface area contributed by atoms with Crippen molar-refractivity contribution < 1.29 is 4.74 Å². The minimum absolute atomic E-state index is 0.289. The van der Waals surface area contributed by atoms with Crippen molar-refractivity contribution in [2.75, 3.05) is 18.1 Å². The van der Waals surface area contributed by atoms with Gasteiger partial charge in [-0.25, -0.2) is 4.98 Å². The molecule has 4 heteroatoms. The number of hydrogen-bond donors (Lipinski definition) is 0. The van der Waals surface area contributed by atoms with Crippen LogP contribution in [0.5, 0.6) is 5.75 Å². The molecule has 0 unspecified atom stereocenters. The van der Waals surface area contributed by atoms with Crippen LogP contribution in [0.25, 0.3) is 0 Å². The predicted octanol–water partition coefficient (Wildman–Crippen LogP) is 2.61. The summed E-state index contributed by atoms with van der Waals surface area (Å²) in [7, 11) is 0. The van der Waals surface area contributed by atoms with Crippen LogP contribution in [0, 0.1) is 11.3 Å². The molecule has 0 N–H and O–H groups in total. The average Bonchev–Trinajstić information content (AvgIpc) is 2.31. The van der Waals surface area contributed by atoms with Crippen LogP contribution in [0.15, 0.2) is 18.3 Å². The van der Waals surface area contributed by atoms with Gasteiger partial charge in [0.15, 0.2) is 11.6 Å². The van der Waals surface area contributed by atoms with Gasteiger partial charge < -0.3 is 9.64 Å². The summed E-state index contributed by atoms with van der Waals surface area (Å²) in [6, 6.07) is 6.22. The monoisotopic (exact) mass is 233 g/mol. The Morgan fingerprint density at radius 2 is 2.29 bits per heavy atom. The van der Waals surface area contributed by atoms with Gasteiger partial charge in [-0.3, -0.25) is 0 Å². The topological polar surface area (TPSA) is 49.1 Å². The van der Waals surface area contributed by atoms with E-state index in [1.807, 2.05) is 19.1 Å². The fourth-order valence-corrected chi connectivity index (χ4v) is 1.65. The van der Waals surface area contributed by atoms with E-state index in [1.54, 1.807) is 6.20 Å². The Kier molecular flexibility index (Phi) is 5.28. The van der Waals surface area contributed by atoms with E-state index in [9.17, 15) is 0 Å². The lowest BCUT2D eigenvalue weighted by atomic mass is 10.2. The van der Waals surface area contributed by atoms with Gasteiger partial charge in [0.25, 0.3) is 0 Å². The second-order valence-corrected chi connectivity index (χ2v) is 3.95. The number of hydrogen-bond acceptors (Lipinski definition) is 4. The minimum atomic E-state index is 0.289. The highest BCUT2D eigenvalue weighted by atomic mass is 16.5. The number of rotatable bonds is 6. The number of pyridine rings is 1. The van der Waals surface area contributed by atoms with Gasteiger partial charge in [0.05, 0.1) is 19.1 Å². The molecule has 0 aliphatic heterocycles. The second-order valence-electron chi connectivity index (χ2n) is 3.95. The van der Waals surface area contributed by atoms with E-state index in [0.29, 0.717) is 19.6 Å². The van der Waals surface area contributed by atoms with Crippen molar-refractivity contribution in [3.8, 4) is 11.8 Å². The third-order valence-electron chi connectivity index (χ3n) is 2.41. The average molecular weight is 233 g/mol. The third-order valence-corrected chi connectivity index (χ3v) is 2.41. The SMILES string of the molecule is CCOc1cccnc1N(CCC#N)C(C)C. The van der Waals surface area contributed by atoms with E-state index < -0.39 is 0 Å². The minimum Gasteiger partial charge on any atom is -0.490 e. The summed E-state index contributed by atoms with van der Waals surface area (Å²) in [5.41, 5.74) is 0. The quantitative estimate of drug-likeness (QED) is 0.757. The van der Waals surface area contributed by atoms with Crippen LogP contribution in [0.1, 0.15) is 27.2 Å². The first-order chi connectivity index (χ1) is 8.20. The van der Waals surface area contributed by atoms with Crippen molar-refractivity contribution in [1.29, 1.82) is 5.26 Å². The summed E-state index contributed by atoms with van der Waals surface area (Å²) in [4.78, 5) is 6.45. The summed E-state index contributed by atoms with van der Waals surface area (Å²) < 4.78 is 5.56. The Bertz CT molecular complexity index is 384. The van der Waals surface area contributed by atoms with Gasteiger partial charge >= 0.3 is 0 Å². The van der Waals surface area contributed by atoms with E-state index >= 15 is 0 Å². The Morgan fingerprint density at radius 1 is 1.53 bits per heavy atom. The van der Waals surface area contributed by atoms with Crippen LogP contribution in [0.3, 0.4) is 0 Å². The van der Waals surface area contributed by atoms with Crippen LogP contribution >= 0.6 is 0 Å². The van der Waals surface area contributed by atoms with Gasteiger partial charge in [-0.05, 0) is 32.9 Å². The number of ether oxygens (including phenoxy) is 1.